The lowest BCUT2D eigenvalue weighted by atomic mass is 9.81. The molecule has 0 aliphatic heterocycles. The van der Waals surface area contributed by atoms with Crippen LogP contribution in [0.25, 0.3) is 0 Å². The minimum Gasteiger partial charge on any atom is -0.382 e. The Labute approximate surface area is 84.8 Å². The first-order valence-corrected chi connectivity index (χ1v) is 5.33. The van der Waals surface area contributed by atoms with Crippen molar-refractivity contribution in [3.05, 3.63) is 18.1 Å². The van der Waals surface area contributed by atoms with E-state index < -0.39 is 0 Å². The van der Waals surface area contributed by atoms with Gasteiger partial charge in [-0.15, -0.1) is 0 Å². The van der Waals surface area contributed by atoms with E-state index in [0.29, 0.717) is 11.7 Å². The summed E-state index contributed by atoms with van der Waals surface area (Å²) in [5, 5.41) is 0. The number of anilines is 1. The van der Waals surface area contributed by atoms with Crippen molar-refractivity contribution >= 4 is 5.82 Å². The normalized spacial score (nSPS) is 27.5. The third kappa shape index (κ3) is 2.03. The van der Waals surface area contributed by atoms with Gasteiger partial charge in [-0.05, 0) is 18.8 Å². The molecular formula is C11H17N3. The molecule has 14 heavy (non-hydrogen) atoms. The number of aromatic nitrogens is 2. The van der Waals surface area contributed by atoms with E-state index in [4.69, 9.17) is 5.73 Å². The summed E-state index contributed by atoms with van der Waals surface area (Å²) in [6.45, 7) is 2.32. The summed E-state index contributed by atoms with van der Waals surface area (Å²) in [5.74, 6) is 2.00. The third-order valence-electron chi connectivity index (χ3n) is 3.13. The second kappa shape index (κ2) is 3.95. The number of nitrogens with zero attached hydrogens (tertiary/aromatic N) is 2. The lowest BCUT2D eigenvalue weighted by Crippen LogP contribution is -2.12. The molecule has 0 aromatic carbocycles. The monoisotopic (exact) mass is 191 g/mol. The van der Waals surface area contributed by atoms with Crippen molar-refractivity contribution in [2.24, 2.45) is 5.92 Å². The van der Waals surface area contributed by atoms with Crippen molar-refractivity contribution < 1.29 is 0 Å². The minimum atomic E-state index is 0.512. The summed E-state index contributed by atoms with van der Waals surface area (Å²) >= 11 is 0. The second-order valence-corrected chi connectivity index (χ2v) is 4.32. The van der Waals surface area contributed by atoms with Crippen LogP contribution >= 0.6 is 0 Å². The Hall–Kier alpha value is -1.12. The van der Waals surface area contributed by atoms with Gasteiger partial charge in [0.1, 0.15) is 5.82 Å². The van der Waals surface area contributed by atoms with E-state index in [0.717, 1.165) is 11.6 Å². The fourth-order valence-electron chi connectivity index (χ4n) is 2.11. The largest absolute Gasteiger partial charge is 0.382 e. The van der Waals surface area contributed by atoms with E-state index in [1.807, 2.05) is 6.20 Å². The molecule has 76 valence electrons. The Morgan fingerprint density at radius 2 is 1.86 bits per heavy atom. The van der Waals surface area contributed by atoms with Gasteiger partial charge in [0, 0.05) is 5.92 Å². The van der Waals surface area contributed by atoms with Crippen LogP contribution in [0.3, 0.4) is 0 Å². The zero-order chi connectivity index (χ0) is 9.97. The van der Waals surface area contributed by atoms with Gasteiger partial charge < -0.3 is 5.73 Å². The van der Waals surface area contributed by atoms with Crippen molar-refractivity contribution in [2.45, 2.75) is 38.5 Å². The Balaban J connectivity index is 2.05. The standard InChI is InChI=1S/C11H17N3/c1-8-2-4-9(5-3-8)10-6-14-11(12)7-13-10/h6-9H,2-5H2,1H3,(H2,12,14). The quantitative estimate of drug-likeness (QED) is 0.741. The average molecular weight is 191 g/mol. The minimum absolute atomic E-state index is 0.512. The molecule has 1 fully saturated rings. The molecule has 1 aliphatic carbocycles. The van der Waals surface area contributed by atoms with Crippen LogP contribution in [0.15, 0.2) is 12.4 Å². The maximum atomic E-state index is 5.50. The van der Waals surface area contributed by atoms with Crippen LogP contribution in [0, 0.1) is 5.92 Å². The van der Waals surface area contributed by atoms with E-state index in [2.05, 4.69) is 16.9 Å². The number of hydrogen-bond donors (Lipinski definition) is 1. The van der Waals surface area contributed by atoms with Crippen molar-refractivity contribution in [3.63, 3.8) is 0 Å². The van der Waals surface area contributed by atoms with Gasteiger partial charge in [0.05, 0.1) is 18.1 Å². The van der Waals surface area contributed by atoms with Gasteiger partial charge in [-0.1, -0.05) is 19.8 Å². The first-order valence-electron chi connectivity index (χ1n) is 5.33. The summed E-state index contributed by atoms with van der Waals surface area (Å²) in [4.78, 5) is 8.43. The Morgan fingerprint density at radius 3 is 2.43 bits per heavy atom. The zero-order valence-electron chi connectivity index (χ0n) is 8.61. The van der Waals surface area contributed by atoms with E-state index in [9.17, 15) is 0 Å². The van der Waals surface area contributed by atoms with Crippen LogP contribution in [0.2, 0.25) is 0 Å². The Bertz CT molecular complexity index is 286. The van der Waals surface area contributed by atoms with Gasteiger partial charge in [0.15, 0.2) is 0 Å². The van der Waals surface area contributed by atoms with Crippen molar-refractivity contribution in [3.8, 4) is 0 Å². The molecule has 1 aliphatic rings. The van der Waals surface area contributed by atoms with E-state index in [1.165, 1.54) is 25.7 Å². The average Bonchev–Trinajstić information content (AvgIpc) is 2.21. The molecule has 3 heteroatoms. The highest BCUT2D eigenvalue weighted by Gasteiger charge is 2.20. The number of rotatable bonds is 1. The molecule has 0 unspecified atom stereocenters. The molecule has 0 radical (unpaired) electrons. The highest BCUT2D eigenvalue weighted by molar-refractivity contribution is 5.23. The maximum Gasteiger partial charge on any atom is 0.141 e. The fourth-order valence-corrected chi connectivity index (χ4v) is 2.11. The summed E-state index contributed by atoms with van der Waals surface area (Å²) in [7, 11) is 0. The predicted octanol–water partition coefficient (Wildman–Crippen LogP) is 2.35. The van der Waals surface area contributed by atoms with Crippen molar-refractivity contribution in [2.75, 3.05) is 5.73 Å². The summed E-state index contributed by atoms with van der Waals surface area (Å²) < 4.78 is 0. The molecule has 0 spiro atoms. The predicted molar refractivity (Wildman–Crippen MR) is 56.8 cm³/mol. The van der Waals surface area contributed by atoms with Crippen LogP contribution in [-0.4, -0.2) is 9.97 Å². The second-order valence-electron chi connectivity index (χ2n) is 4.32. The zero-order valence-corrected chi connectivity index (χ0v) is 8.61. The SMILES string of the molecule is CC1CCC(c2cnc(N)cn2)CC1. The molecule has 0 saturated heterocycles. The first kappa shape index (κ1) is 9.44. The Kier molecular flexibility index (Phi) is 2.66. The molecule has 1 aromatic rings. The van der Waals surface area contributed by atoms with Crippen LogP contribution in [0.4, 0.5) is 5.82 Å². The number of nitrogens with two attached hydrogens (primary N) is 1. The lowest BCUT2D eigenvalue weighted by Gasteiger charge is -2.25. The molecule has 1 aromatic heterocycles. The van der Waals surface area contributed by atoms with Gasteiger partial charge in [0.25, 0.3) is 0 Å². The van der Waals surface area contributed by atoms with Gasteiger partial charge >= 0.3 is 0 Å². The van der Waals surface area contributed by atoms with Crippen molar-refractivity contribution in [1.29, 1.82) is 0 Å². The molecule has 0 amide bonds. The number of hydrogen-bond acceptors (Lipinski definition) is 3. The summed E-state index contributed by atoms with van der Waals surface area (Å²) in [5.41, 5.74) is 6.62. The van der Waals surface area contributed by atoms with Crippen LogP contribution in [-0.2, 0) is 0 Å². The van der Waals surface area contributed by atoms with E-state index in [-0.39, 0.29) is 0 Å². The van der Waals surface area contributed by atoms with E-state index in [1.54, 1.807) is 6.20 Å². The van der Waals surface area contributed by atoms with Gasteiger partial charge in [0.2, 0.25) is 0 Å². The lowest BCUT2D eigenvalue weighted by molar-refractivity contribution is 0.343. The maximum absolute atomic E-state index is 5.50. The fraction of sp³-hybridized carbons (Fsp3) is 0.636. The van der Waals surface area contributed by atoms with Crippen LogP contribution in [0.5, 0.6) is 0 Å². The smallest absolute Gasteiger partial charge is 0.141 e. The van der Waals surface area contributed by atoms with Gasteiger partial charge in [-0.2, -0.15) is 0 Å². The van der Waals surface area contributed by atoms with E-state index >= 15 is 0 Å². The molecule has 2 N–H and O–H groups in total. The molecule has 2 rings (SSSR count). The number of nitrogen functional groups attached to an aromatic ring is 1. The molecule has 0 atom stereocenters. The highest BCUT2D eigenvalue weighted by atomic mass is 14.9. The molecule has 1 saturated carbocycles. The highest BCUT2D eigenvalue weighted by Crippen LogP contribution is 2.34. The summed E-state index contributed by atoms with van der Waals surface area (Å²) in [6, 6.07) is 0. The van der Waals surface area contributed by atoms with Gasteiger partial charge in [-0.25, -0.2) is 4.98 Å². The molecule has 0 bridgehead atoms. The van der Waals surface area contributed by atoms with Crippen LogP contribution in [0.1, 0.15) is 44.2 Å². The summed E-state index contributed by atoms with van der Waals surface area (Å²) in [6.07, 6.45) is 8.62. The van der Waals surface area contributed by atoms with Crippen molar-refractivity contribution in [1.82, 2.24) is 9.97 Å². The topological polar surface area (TPSA) is 51.8 Å². The molecule has 1 heterocycles. The third-order valence-corrected chi connectivity index (χ3v) is 3.13. The van der Waals surface area contributed by atoms with Crippen LogP contribution < -0.4 is 5.73 Å². The first-order chi connectivity index (χ1) is 6.75. The molecule has 3 nitrogen and oxygen atoms in total. The van der Waals surface area contributed by atoms with Gasteiger partial charge in [-0.3, -0.25) is 4.98 Å². The molecular weight excluding hydrogens is 174 g/mol. The Morgan fingerprint density at radius 1 is 1.14 bits per heavy atom.